The first-order chi connectivity index (χ1) is 10.3. The molecule has 1 aliphatic heterocycles. The van der Waals surface area contributed by atoms with Crippen LogP contribution in [0.3, 0.4) is 0 Å². The van der Waals surface area contributed by atoms with Crippen LogP contribution >= 0.6 is 0 Å². The zero-order valence-corrected chi connectivity index (χ0v) is 12.1. The van der Waals surface area contributed by atoms with Gasteiger partial charge in [0.05, 0.1) is 6.54 Å². The Hall–Kier alpha value is -1.21. The Bertz CT molecular complexity index is 461. The van der Waals surface area contributed by atoms with E-state index in [2.05, 4.69) is 5.32 Å². The lowest BCUT2D eigenvalue weighted by molar-refractivity contribution is -0.148. The normalized spacial score (nSPS) is 17.9. The average molecular weight is 322 g/mol. The average Bonchev–Trinajstić information content (AvgIpc) is 2.38. The molecule has 0 atom stereocenters. The predicted molar refractivity (Wildman–Crippen MR) is 73.6 cm³/mol. The van der Waals surface area contributed by atoms with Gasteiger partial charge in [-0.15, -0.1) is 0 Å². The van der Waals surface area contributed by atoms with E-state index >= 15 is 0 Å². The van der Waals surface area contributed by atoms with Crippen LogP contribution in [0, 0.1) is 11.6 Å². The van der Waals surface area contributed by atoms with E-state index in [1.54, 1.807) is 0 Å². The quantitative estimate of drug-likeness (QED) is 0.838. The van der Waals surface area contributed by atoms with Gasteiger partial charge in [-0.1, -0.05) is 0 Å². The number of hydrogen-bond acceptors (Lipinski definition) is 2. The molecule has 0 spiro atoms. The van der Waals surface area contributed by atoms with Crippen molar-refractivity contribution in [3.8, 4) is 0 Å². The van der Waals surface area contributed by atoms with Crippen molar-refractivity contribution < 1.29 is 22.0 Å². The van der Waals surface area contributed by atoms with E-state index in [0.717, 1.165) is 6.07 Å². The third-order valence-corrected chi connectivity index (χ3v) is 3.76. The van der Waals surface area contributed by atoms with Crippen LogP contribution in [0.5, 0.6) is 0 Å². The highest BCUT2D eigenvalue weighted by Gasteiger charge is 2.32. The summed E-state index contributed by atoms with van der Waals surface area (Å²) in [5.41, 5.74) is 0.569. The van der Waals surface area contributed by atoms with Gasteiger partial charge >= 0.3 is 6.18 Å². The molecule has 124 valence electrons. The van der Waals surface area contributed by atoms with Crippen LogP contribution in [0.25, 0.3) is 0 Å². The molecule has 0 radical (unpaired) electrons. The molecular weight excluding hydrogens is 303 g/mol. The molecule has 2 nitrogen and oxygen atoms in total. The molecule has 0 aliphatic carbocycles. The summed E-state index contributed by atoms with van der Waals surface area (Å²) in [7, 11) is 0. The minimum atomic E-state index is -4.15. The van der Waals surface area contributed by atoms with Crippen LogP contribution in [0.4, 0.5) is 22.0 Å². The molecule has 0 saturated carbocycles. The summed E-state index contributed by atoms with van der Waals surface area (Å²) in [5, 5.41) is 3.24. The second kappa shape index (κ2) is 7.37. The fourth-order valence-corrected chi connectivity index (χ4v) is 2.72. The lowest BCUT2D eigenvalue weighted by Crippen LogP contribution is -2.45. The van der Waals surface area contributed by atoms with E-state index in [4.69, 9.17) is 0 Å². The summed E-state index contributed by atoms with van der Waals surface area (Å²) in [5.74, 6) is -1.20. The standard InChI is InChI=1S/C15H19F5N2/c16-12-7-11(8-13(17)9-12)1-4-21-14-2-5-22(6-3-14)10-15(18,19)20/h7-9,14,21H,1-6,10H2. The zero-order chi connectivity index (χ0) is 16.2. The number of halogens is 5. The second-order valence-corrected chi connectivity index (χ2v) is 5.65. The van der Waals surface area contributed by atoms with Gasteiger partial charge < -0.3 is 5.32 Å². The summed E-state index contributed by atoms with van der Waals surface area (Å²) < 4.78 is 62.9. The maximum Gasteiger partial charge on any atom is 0.401 e. The van der Waals surface area contributed by atoms with Gasteiger partial charge in [-0.25, -0.2) is 8.78 Å². The molecule has 0 aromatic heterocycles. The molecule has 0 bridgehead atoms. The van der Waals surface area contributed by atoms with Crippen LogP contribution in [0.1, 0.15) is 18.4 Å². The van der Waals surface area contributed by atoms with E-state index in [1.807, 2.05) is 0 Å². The number of rotatable bonds is 5. The summed E-state index contributed by atoms with van der Waals surface area (Å²) in [6.07, 6.45) is -2.37. The van der Waals surface area contributed by atoms with Crippen molar-refractivity contribution in [1.29, 1.82) is 0 Å². The largest absolute Gasteiger partial charge is 0.401 e. The van der Waals surface area contributed by atoms with Crippen LogP contribution < -0.4 is 5.32 Å². The molecule has 7 heteroatoms. The smallest absolute Gasteiger partial charge is 0.314 e. The third kappa shape index (κ3) is 5.88. The number of nitrogens with zero attached hydrogens (tertiary/aromatic N) is 1. The third-order valence-electron chi connectivity index (χ3n) is 3.76. The monoisotopic (exact) mass is 322 g/mol. The van der Waals surface area contributed by atoms with E-state index < -0.39 is 24.4 Å². The molecule has 0 amide bonds. The Kier molecular flexibility index (Phi) is 5.74. The molecule has 1 aromatic carbocycles. The summed E-state index contributed by atoms with van der Waals surface area (Å²) >= 11 is 0. The van der Waals surface area contributed by atoms with Gasteiger partial charge in [0.2, 0.25) is 0 Å². The van der Waals surface area contributed by atoms with Crippen molar-refractivity contribution in [3.63, 3.8) is 0 Å². The first kappa shape index (κ1) is 17.1. The van der Waals surface area contributed by atoms with Crippen molar-refractivity contribution >= 4 is 0 Å². The first-order valence-electron chi connectivity index (χ1n) is 7.29. The number of piperidine rings is 1. The predicted octanol–water partition coefficient (Wildman–Crippen LogP) is 3.12. The van der Waals surface area contributed by atoms with E-state index in [9.17, 15) is 22.0 Å². The van der Waals surface area contributed by atoms with Crippen molar-refractivity contribution in [2.24, 2.45) is 0 Å². The number of benzene rings is 1. The molecule has 1 saturated heterocycles. The topological polar surface area (TPSA) is 15.3 Å². The van der Waals surface area contributed by atoms with E-state index in [0.29, 0.717) is 44.5 Å². The number of hydrogen-bond donors (Lipinski definition) is 1. The Morgan fingerprint density at radius 2 is 1.64 bits per heavy atom. The van der Waals surface area contributed by atoms with Crippen molar-refractivity contribution in [1.82, 2.24) is 10.2 Å². The SMILES string of the molecule is Fc1cc(F)cc(CCNC2CCN(CC(F)(F)F)CC2)c1. The van der Waals surface area contributed by atoms with Crippen LogP contribution in [0.2, 0.25) is 0 Å². The summed E-state index contributed by atoms with van der Waals surface area (Å²) in [6, 6.07) is 3.56. The molecule has 22 heavy (non-hydrogen) atoms. The molecule has 1 fully saturated rings. The highest BCUT2D eigenvalue weighted by Crippen LogP contribution is 2.19. The maximum atomic E-state index is 13.0. The Morgan fingerprint density at radius 3 is 2.18 bits per heavy atom. The van der Waals surface area contributed by atoms with Crippen LogP contribution in [0.15, 0.2) is 18.2 Å². The molecule has 1 aliphatic rings. The van der Waals surface area contributed by atoms with Gasteiger partial charge in [-0.3, -0.25) is 4.90 Å². The Morgan fingerprint density at radius 1 is 1.05 bits per heavy atom. The van der Waals surface area contributed by atoms with Crippen molar-refractivity contribution in [2.45, 2.75) is 31.5 Å². The highest BCUT2D eigenvalue weighted by atomic mass is 19.4. The lowest BCUT2D eigenvalue weighted by Gasteiger charge is -2.32. The van der Waals surface area contributed by atoms with Crippen LogP contribution in [-0.2, 0) is 6.42 Å². The number of alkyl halides is 3. The summed E-state index contributed by atoms with van der Waals surface area (Å²) in [6.45, 7) is 0.507. The first-order valence-corrected chi connectivity index (χ1v) is 7.29. The van der Waals surface area contributed by atoms with E-state index in [1.165, 1.54) is 17.0 Å². The van der Waals surface area contributed by atoms with Crippen molar-refractivity contribution in [3.05, 3.63) is 35.4 Å². The summed E-state index contributed by atoms with van der Waals surface area (Å²) in [4.78, 5) is 1.40. The molecule has 0 unspecified atom stereocenters. The Balaban J connectivity index is 1.69. The maximum absolute atomic E-state index is 13.0. The van der Waals surface area contributed by atoms with Crippen molar-refractivity contribution in [2.75, 3.05) is 26.2 Å². The minimum Gasteiger partial charge on any atom is -0.314 e. The molecule has 2 rings (SSSR count). The molecule has 1 heterocycles. The highest BCUT2D eigenvalue weighted by molar-refractivity contribution is 5.18. The second-order valence-electron chi connectivity index (χ2n) is 5.65. The lowest BCUT2D eigenvalue weighted by atomic mass is 10.0. The molecule has 1 aromatic rings. The van der Waals surface area contributed by atoms with Gasteiger partial charge in [-0.2, -0.15) is 13.2 Å². The fourth-order valence-electron chi connectivity index (χ4n) is 2.72. The zero-order valence-electron chi connectivity index (χ0n) is 12.1. The minimum absolute atomic E-state index is 0.155. The number of nitrogens with one attached hydrogen (secondary N) is 1. The van der Waals surface area contributed by atoms with Gasteiger partial charge in [0.15, 0.2) is 0 Å². The Labute approximate surface area is 126 Å². The molecule has 1 N–H and O–H groups in total. The van der Waals surface area contributed by atoms with Gasteiger partial charge in [0.1, 0.15) is 11.6 Å². The van der Waals surface area contributed by atoms with Gasteiger partial charge in [0, 0.05) is 12.1 Å². The number of likely N-dealkylation sites (tertiary alicyclic amines) is 1. The van der Waals surface area contributed by atoms with Gasteiger partial charge in [-0.05, 0) is 56.6 Å². The van der Waals surface area contributed by atoms with Crippen LogP contribution in [-0.4, -0.2) is 43.3 Å². The molecular formula is C15H19F5N2. The van der Waals surface area contributed by atoms with E-state index in [-0.39, 0.29) is 6.04 Å². The van der Waals surface area contributed by atoms with Gasteiger partial charge in [0.25, 0.3) is 0 Å². The fraction of sp³-hybridized carbons (Fsp3) is 0.600.